The molecule has 1 saturated heterocycles. The van der Waals surface area contributed by atoms with Crippen molar-refractivity contribution in [1.29, 1.82) is 0 Å². The van der Waals surface area contributed by atoms with E-state index in [0.717, 1.165) is 56.8 Å². The van der Waals surface area contributed by atoms with Crippen LogP contribution in [0.4, 0.5) is 8.78 Å². The minimum atomic E-state index is -0.543. The van der Waals surface area contributed by atoms with E-state index in [1.54, 1.807) is 22.7 Å². The first-order valence-electron chi connectivity index (χ1n) is 13.5. The predicted molar refractivity (Wildman–Crippen MR) is 149 cm³/mol. The molecule has 2 aromatic heterocycles. The van der Waals surface area contributed by atoms with E-state index in [1.165, 1.54) is 12.1 Å². The molecule has 5 nitrogen and oxygen atoms in total. The van der Waals surface area contributed by atoms with Crippen molar-refractivity contribution in [3.05, 3.63) is 90.4 Å². The summed E-state index contributed by atoms with van der Waals surface area (Å²) in [6.45, 7) is 5.21. The van der Waals surface area contributed by atoms with Gasteiger partial charge in [0.05, 0.1) is 6.20 Å². The number of pyridine rings is 1. The fraction of sp³-hybridized carbons (Fsp3) is 0.281. The van der Waals surface area contributed by atoms with Crippen molar-refractivity contribution in [2.24, 2.45) is 0 Å². The van der Waals surface area contributed by atoms with Gasteiger partial charge in [0.15, 0.2) is 5.78 Å². The van der Waals surface area contributed by atoms with Gasteiger partial charge in [-0.1, -0.05) is 49.8 Å². The average Bonchev–Trinajstić information content (AvgIpc) is 3.57. The maximum Gasteiger partial charge on any atom is 0.222 e. The van der Waals surface area contributed by atoms with Gasteiger partial charge in [-0.15, -0.1) is 0 Å². The number of benzene rings is 2. The molecule has 7 heteroatoms. The van der Waals surface area contributed by atoms with E-state index in [-0.39, 0.29) is 22.8 Å². The molecule has 3 heterocycles. The summed E-state index contributed by atoms with van der Waals surface area (Å²) in [4.78, 5) is 31.1. The maximum absolute atomic E-state index is 15.0. The normalized spacial score (nSPS) is 13.4. The van der Waals surface area contributed by atoms with E-state index in [0.29, 0.717) is 35.3 Å². The second kappa shape index (κ2) is 11.7. The molecule has 0 spiro atoms. The van der Waals surface area contributed by atoms with Crippen LogP contribution in [0.2, 0.25) is 0 Å². The number of rotatable bonds is 11. The molecule has 0 bridgehead atoms. The molecule has 1 aliphatic rings. The molecular formula is C32H31F2N3O2. The second-order valence-electron chi connectivity index (χ2n) is 9.96. The summed E-state index contributed by atoms with van der Waals surface area (Å²) in [5.74, 6) is -0.817. The Bertz CT molecular complexity index is 1540. The highest BCUT2D eigenvalue weighted by Crippen LogP contribution is 2.35. The summed E-state index contributed by atoms with van der Waals surface area (Å²) in [5, 5.41) is 0. The molecule has 0 radical (unpaired) electrons. The minimum absolute atomic E-state index is 0.00999. The summed E-state index contributed by atoms with van der Waals surface area (Å²) >= 11 is 0. The van der Waals surface area contributed by atoms with Crippen LogP contribution >= 0.6 is 0 Å². The number of Topliss-reactive ketones (excluding diaryl/α,β-unsaturated/α-hetero) is 1. The van der Waals surface area contributed by atoms with E-state index in [4.69, 9.17) is 0 Å². The van der Waals surface area contributed by atoms with Crippen LogP contribution in [-0.2, 0) is 4.79 Å². The van der Waals surface area contributed by atoms with Crippen LogP contribution in [0.3, 0.4) is 0 Å². The van der Waals surface area contributed by atoms with E-state index >= 15 is 0 Å². The lowest BCUT2D eigenvalue weighted by atomic mass is 9.94. The smallest absolute Gasteiger partial charge is 0.222 e. The molecule has 4 aromatic rings. The SMILES string of the molecule is C=Cc1cc(F)c(-c2ccccc2-c2ccc3ncc(C(=O)CCCCCCN4CCCC4=O)n3c2)cc1F. The second-order valence-corrected chi connectivity index (χ2v) is 9.96. The Morgan fingerprint density at radius 3 is 2.54 bits per heavy atom. The summed E-state index contributed by atoms with van der Waals surface area (Å²) in [5.41, 5.74) is 3.43. The molecule has 0 aliphatic carbocycles. The molecule has 39 heavy (non-hydrogen) atoms. The number of unbranched alkanes of at least 4 members (excludes halogenated alkanes) is 3. The zero-order valence-electron chi connectivity index (χ0n) is 21.8. The maximum atomic E-state index is 15.0. The monoisotopic (exact) mass is 527 g/mol. The van der Waals surface area contributed by atoms with Crippen molar-refractivity contribution in [2.45, 2.75) is 44.9 Å². The third kappa shape index (κ3) is 5.67. The number of hydrogen-bond donors (Lipinski definition) is 0. The highest BCUT2D eigenvalue weighted by Gasteiger charge is 2.19. The lowest BCUT2D eigenvalue weighted by molar-refractivity contribution is -0.127. The Hall–Kier alpha value is -4.13. The number of carbonyl (C=O) groups excluding carboxylic acids is 2. The lowest BCUT2D eigenvalue weighted by Gasteiger charge is -2.14. The fourth-order valence-corrected chi connectivity index (χ4v) is 5.25. The molecule has 0 atom stereocenters. The topological polar surface area (TPSA) is 54.7 Å². The van der Waals surface area contributed by atoms with E-state index < -0.39 is 11.6 Å². The van der Waals surface area contributed by atoms with E-state index in [9.17, 15) is 18.4 Å². The van der Waals surface area contributed by atoms with Gasteiger partial charge in [-0.2, -0.15) is 0 Å². The van der Waals surface area contributed by atoms with Gasteiger partial charge in [0.25, 0.3) is 0 Å². The van der Waals surface area contributed by atoms with Crippen LogP contribution < -0.4 is 0 Å². The molecular weight excluding hydrogens is 496 g/mol. The van der Waals surface area contributed by atoms with Gasteiger partial charge in [0.1, 0.15) is 23.0 Å². The summed E-state index contributed by atoms with van der Waals surface area (Å²) in [6.07, 6.45) is 10.4. The number of fused-ring (bicyclic) bond motifs is 1. The first-order valence-corrected chi connectivity index (χ1v) is 13.5. The van der Waals surface area contributed by atoms with E-state index in [1.807, 2.05) is 35.4 Å². The molecule has 2 aromatic carbocycles. The van der Waals surface area contributed by atoms with Crippen LogP contribution in [0.1, 0.15) is 61.0 Å². The van der Waals surface area contributed by atoms with Crippen LogP contribution in [0.25, 0.3) is 34.0 Å². The lowest BCUT2D eigenvalue weighted by Crippen LogP contribution is -2.25. The highest BCUT2D eigenvalue weighted by molar-refractivity contribution is 5.95. The summed E-state index contributed by atoms with van der Waals surface area (Å²) in [6, 6.07) is 13.3. The van der Waals surface area contributed by atoms with Gasteiger partial charge in [0.2, 0.25) is 5.91 Å². The molecule has 1 amide bonds. The number of amides is 1. The Labute approximate surface area is 226 Å². The number of halogens is 2. The Balaban J connectivity index is 1.31. The van der Waals surface area contributed by atoms with Crippen molar-refractivity contribution in [2.75, 3.05) is 13.1 Å². The molecule has 0 unspecified atom stereocenters. The van der Waals surface area contributed by atoms with Gasteiger partial charge in [0, 0.05) is 43.3 Å². The van der Waals surface area contributed by atoms with Crippen LogP contribution in [0, 0.1) is 11.6 Å². The Kier molecular flexibility index (Phi) is 7.96. The average molecular weight is 528 g/mol. The van der Waals surface area contributed by atoms with Gasteiger partial charge >= 0.3 is 0 Å². The molecule has 200 valence electrons. The number of ketones is 1. The number of carbonyl (C=O) groups is 2. The molecule has 1 fully saturated rings. The summed E-state index contributed by atoms with van der Waals surface area (Å²) in [7, 11) is 0. The van der Waals surface area contributed by atoms with E-state index in [2.05, 4.69) is 11.6 Å². The van der Waals surface area contributed by atoms with Crippen molar-refractivity contribution < 1.29 is 18.4 Å². The molecule has 0 saturated carbocycles. The standard InChI is InChI=1S/C32H31F2N3O2/c1-2-22-18-28(34)26(19-27(22)33)25-11-7-6-10-24(25)23-14-15-31-35-20-29(37(31)21-23)30(38)12-5-3-4-8-16-36-17-9-13-32(36)39/h2,6-7,10-11,14-15,18-21H,1,3-5,8-9,12-13,16-17H2. The van der Waals surface area contributed by atoms with Crippen LogP contribution in [0.5, 0.6) is 0 Å². The zero-order valence-corrected chi connectivity index (χ0v) is 21.8. The van der Waals surface area contributed by atoms with Gasteiger partial charge in [-0.25, -0.2) is 13.8 Å². The Morgan fingerprint density at radius 2 is 1.77 bits per heavy atom. The molecule has 1 aliphatic heterocycles. The zero-order chi connectivity index (χ0) is 27.4. The van der Waals surface area contributed by atoms with Crippen molar-refractivity contribution in [1.82, 2.24) is 14.3 Å². The number of nitrogens with zero attached hydrogens (tertiary/aromatic N) is 3. The number of aromatic nitrogens is 2. The van der Waals surface area contributed by atoms with Gasteiger partial charge in [-0.3, -0.25) is 14.0 Å². The number of hydrogen-bond acceptors (Lipinski definition) is 3. The van der Waals surface area contributed by atoms with Crippen molar-refractivity contribution in [3.8, 4) is 22.3 Å². The van der Waals surface area contributed by atoms with Crippen molar-refractivity contribution in [3.63, 3.8) is 0 Å². The first kappa shape index (κ1) is 26.5. The van der Waals surface area contributed by atoms with Crippen LogP contribution in [0.15, 0.2) is 67.5 Å². The van der Waals surface area contributed by atoms with Crippen molar-refractivity contribution >= 4 is 23.4 Å². The molecule has 0 N–H and O–H groups in total. The quantitative estimate of drug-likeness (QED) is 0.151. The Morgan fingerprint density at radius 1 is 0.974 bits per heavy atom. The molecule has 5 rings (SSSR count). The third-order valence-electron chi connectivity index (χ3n) is 7.38. The first-order chi connectivity index (χ1) is 19.0. The van der Waals surface area contributed by atoms with Gasteiger partial charge in [-0.05, 0) is 60.2 Å². The predicted octanol–water partition coefficient (Wildman–Crippen LogP) is 7.35. The number of likely N-dealkylation sites (tertiary alicyclic amines) is 1. The minimum Gasteiger partial charge on any atom is -0.343 e. The van der Waals surface area contributed by atoms with Gasteiger partial charge < -0.3 is 4.90 Å². The largest absolute Gasteiger partial charge is 0.343 e. The number of imidazole rings is 1. The summed E-state index contributed by atoms with van der Waals surface area (Å²) < 4.78 is 31.3. The van der Waals surface area contributed by atoms with Crippen LogP contribution in [-0.4, -0.2) is 39.1 Å². The third-order valence-corrected chi connectivity index (χ3v) is 7.38. The highest BCUT2D eigenvalue weighted by atomic mass is 19.1. The fourth-order valence-electron chi connectivity index (χ4n) is 5.25.